The van der Waals surface area contributed by atoms with Crippen molar-refractivity contribution in [2.24, 2.45) is 0 Å². The summed E-state index contributed by atoms with van der Waals surface area (Å²) in [6, 6.07) is 13.4. The highest BCUT2D eigenvalue weighted by Gasteiger charge is 2.30. The molecule has 0 aliphatic carbocycles. The minimum atomic E-state index is -4.38. The van der Waals surface area contributed by atoms with E-state index in [4.69, 9.17) is 9.26 Å². The lowest BCUT2D eigenvalue weighted by atomic mass is 10.2. The molecule has 1 aliphatic rings. The van der Waals surface area contributed by atoms with Crippen LogP contribution in [0.2, 0.25) is 0 Å². The van der Waals surface area contributed by atoms with Crippen LogP contribution >= 0.6 is 0 Å². The zero-order valence-electron chi connectivity index (χ0n) is 17.0. The fourth-order valence-electron chi connectivity index (χ4n) is 3.39. The maximum atomic E-state index is 12.7. The Hall–Kier alpha value is -3.53. The van der Waals surface area contributed by atoms with Crippen molar-refractivity contribution in [1.82, 2.24) is 15.0 Å². The molecule has 0 bridgehead atoms. The number of halogens is 3. The van der Waals surface area contributed by atoms with Crippen LogP contribution in [0.25, 0.3) is 0 Å². The maximum absolute atomic E-state index is 12.7. The third-order valence-corrected chi connectivity index (χ3v) is 5.05. The molecule has 1 saturated heterocycles. The Morgan fingerprint density at radius 1 is 1.03 bits per heavy atom. The second kappa shape index (κ2) is 9.31. The molecule has 0 spiro atoms. The topological polar surface area (TPSA) is 70.8 Å². The molecule has 1 N–H and O–H groups in total. The van der Waals surface area contributed by atoms with E-state index in [1.165, 1.54) is 18.4 Å². The number of alkyl halides is 3. The molecule has 32 heavy (non-hydrogen) atoms. The zero-order chi connectivity index (χ0) is 22.6. The molecule has 0 atom stereocenters. The lowest BCUT2D eigenvalue weighted by Gasteiger charge is -2.34. The van der Waals surface area contributed by atoms with Crippen LogP contribution in [0, 0.1) is 0 Å². The van der Waals surface area contributed by atoms with Gasteiger partial charge in [-0.1, -0.05) is 17.3 Å². The van der Waals surface area contributed by atoms with Gasteiger partial charge in [-0.15, -0.1) is 0 Å². The summed E-state index contributed by atoms with van der Waals surface area (Å²) in [5, 5.41) is 6.35. The molecule has 3 aromatic rings. The highest BCUT2D eigenvalue weighted by molar-refractivity contribution is 5.88. The standard InChI is InChI=1S/C22H21F3N4O3/c23-22(24,25)17-4-6-18(7-5-17)32-19-3-1-2-16(14-19)15-28-9-11-29(12-10-28)21(30)26-20-8-13-31-27-20/h1-8,13-14H,9-12,15H2,(H,26,27,30). The van der Waals surface area contributed by atoms with Crippen molar-refractivity contribution in [3.8, 4) is 11.5 Å². The SMILES string of the molecule is O=C(Nc1ccon1)N1CCN(Cc2cccc(Oc3ccc(C(F)(F)F)cc3)c2)CC1. The summed E-state index contributed by atoms with van der Waals surface area (Å²) in [5.41, 5.74) is 0.294. The third kappa shape index (κ3) is 5.58. The summed E-state index contributed by atoms with van der Waals surface area (Å²) in [6.07, 6.45) is -2.98. The van der Waals surface area contributed by atoms with E-state index in [9.17, 15) is 18.0 Å². The van der Waals surface area contributed by atoms with E-state index in [-0.39, 0.29) is 6.03 Å². The Kier molecular flexibility index (Phi) is 6.31. The smallest absolute Gasteiger partial charge is 0.416 e. The van der Waals surface area contributed by atoms with Crippen LogP contribution < -0.4 is 10.1 Å². The van der Waals surface area contributed by atoms with E-state index >= 15 is 0 Å². The number of benzene rings is 2. The molecule has 168 valence electrons. The number of nitrogens with zero attached hydrogens (tertiary/aromatic N) is 3. The molecule has 4 rings (SSSR count). The van der Waals surface area contributed by atoms with Crippen molar-refractivity contribution in [2.45, 2.75) is 12.7 Å². The van der Waals surface area contributed by atoms with Crippen molar-refractivity contribution >= 4 is 11.8 Å². The fraction of sp³-hybridized carbons (Fsp3) is 0.273. The minimum Gasteiger partial charge on any atom is -0.457 e. The number of amides is 2. The van der Waals surface area contributed by atoms with E-state index in [0.717, 1.165) is 17.7 Å². The molecule has 7 nitrogen and oxygen atoms in total. The van der Waals surface area contributed by atoms with Gasteiger partial charge in [0.1, 0.15) is 17.8 Å². The van der Waals surface area contributed by atoms with Gasteiger partial charge in [-0.2, -0.15) is 13.2 Å². The number of hydrogen-bond donors (Lipinski definition) is 1. The molecule has 1 aliphatic heterocycles. The Bertz CT molecular complexity index is 1030. The summed E-state index contributed by atoms with van der Waals surface area (Å²) in [5.74, 6) is 1.26. The number of anilines is 1. The van der Waals surface area contributed by atoms with Crippen molar-refractivity contribution < 1.29 is 27.2 Å². The fourth-order valence-corrected chi connectivity index (χ4v) is 3.39. The Morgan fingerprint density at radius 3 is 2.44 bits per heavy atom. The van der Waals surface area contributed by atoms with Crippen LogP contribution in [0.5, 0.6) is 11.5 Å². The molecule has 0 radical (unpaired) electrons. The van der Waals surface area contributed by atoms with Crippen LogP contribution in [-0.2, 0) is 12.7 Å². The molecule has 0 unspecified atom stereocenters. The van der Waals surface area contributed by atoms with Gasteiger partial charge in [0.25, 0.3) is 0 Å². The van der Waals surface area contributed by atoms with Gasteiger partial charge in [-0.25, -0.2) is 4.79 Å². The van der Waals surface area contributed by atoms with E-state index in [1.54, 1.807) is 17.0 Å². The van der Waals surface area contributed by atoms with Crippen molar-refractivity contribution in [3.63, 3.8) is 0 Å². The van der Waals surface area contributed by atoms with Gasteiger partial charge in [0, 0.05) is 38.8 Å². The number of piperazine rings is 1. The average molecular weight is 446 g/mol. The number of urea groups is 1. The number of nitrogens with one attached hydrogen (secondary N) is 1. The van der Waals surface area contributed by atoms with E-state index in [0.29, 0.717) is 50.0 Å². The highest BCUT2D eigenvalue weighted by Crippen LogP contribution is 2.31. The largest absolute Gasteiger partial charge is 0.457 e. The van der Waals surface area contributed by atoms with Crippen LogP contribution in [0.15, 0.2) is 65.4 Å². The van der Waals surface area contributed by atoms with Crippen LogP contribution in [0.3, 0.4) is 0 Å². The zero-order valence-corrected chi connectivity index (χ0v) is 17.0. The van der Waals surface area contributed by atoms with Crippen molar-refractivity contribution in [3.05, 3.63) is 72.0 Å². The Morgan fingerprint density at radius 2 is 1.78 bits per heavy atom. The molecule has 2 heterocycles. The quantitative estimate of drug-likeness (QED) is 0.608. The van der Waals surface area contributed by atoms with Gasteiger partial charge in [-0.05, 0) is 42.0 Å². The highest BCUT2D eigenvalue weighted by atomic mass is 19.4. The number of carbonyl (C=O) groups excluding carboxylic acids is 1. The van der Waals surface area contributed by atoms with Gasteiger partial charge in [-0.3, -0.25) is 10.2 Å². The maximum Gasteiger partial charge on any atom is 0.416 e. The Labute approximate surface area is 182 Å². The molecular formula is C22H21F3N4O3. The van der Waals surface area contributed by atoms with Gasteiger partial charge >= 0.3 is 12.2 Å². The van der Waals surface area contributed by atoms with E-state index < -0.39 is 11.7 Å². The summed E-state index contributed by atoms with van der Waals surface area (Å²) in [6.45, 7) is 3.23. The van der Waals surface area contributed by atoms with Gasteiger partial charge in [0.05, 0.1) is 5.56 Å². The second-order valence-corrected chi connectivity index (χ2v) is 7.35. The summed E-state index contributed by atoms with van der Waals surface area (Å²) in [7, 11) is 0. The molecule has 1 aromatic heterocycles. The van der Waals surface area contributed by atoms with E-state index in [2.05, 4.69) is 15.4 Å². The van der Waals surface area contributed by atoms with Gasteiger partial charge in [0.15, 0.2) is 5.82 Å². The molecule has 10 heteroatoms. The summed E-state index contributed by atoms with van der Waals surface area (Å²) >= 11 is 0. The monoisotopic (exact) mass is 446 g/mol. The van der Waals surface area contributed by atoms with Crippen LogP contribution in [0.4, 0.5) is 23.8 Å². The number of rotatable bonds is 5. The Balaban J connectivity index is 1.29. The van der Waals surface area contributed by atoms with Crippen LogP contribution in [-0.4, -0.2) is 47.2 Å². The number of hydrogen-bond acceptors (Lipinski definition) is 5. The first-order valence-electron chi connectivity index (χ1n) is 9.99. The van der Waals surface area contributed by atoms with E-state index in [1.807, 2.05) is 18.2 Å². The first-order chi connectivity index (χ1) is 15.4. The minimum absolute atomic E-state index is 0.217. The summed E-state index contributed by atoms with van der Waals surface area (Å²) in [4.78, 5) is 16.2. The van der Waals surface area contributed by atoms with Crippen molar-refractivity contribution in [1.29, 1.82) is 0 Å². The third-order valence-electron chi connectivity index (χ3n) is 5.05. The van der Waals surface area contributed by atoms with Crippen LogP contribution in [0.1, 0.15) is 11.1 Å². The predicted octanol–water partition coefficient (Wildman–Crippen LogP) is 4.84. The molecule has 2 amide bonds. The normalized spacial score (nSPS) is 14.9. The predicted molar refractivity (Wildman–Crippen MR) is 110 cm³/mol. The number of ether oxygens (including phenoxy) is 1. The molecule has 0 saturated carbocycles. The molecule has 2 aromatic carbocycles. The van der Waals surface area contributed by atoms with Crippen molar-refractivity contribution in [2.75, 3.05) is 31.5 Å². The summed E-state index contributed by atoms with van der Waals surface area (Å²) < 4.78 is 48.5. The second-order valence-electron chi connectivity index (χ2n) is 7.35. The first-order valence-corrected chi connectivity index (χ1v) is 9.99. The number of aromatic nitrogens is 1. The van der Waals surface area contributed by atoms with Gasteiger partial charge < -0.3 is 14.2 Å². The number of carbonyl (C=O) groups is 1. The average Bonchev–Trinajstić information content (AvgIpc) is 3.27. The molecule has 1 fully saturated rings. The first kappa shape index (κ1) is 21.7. The lowest BCUT2D eigenvalue weighted by molar-refractivity contribution is -0.137. The molecular weight excluding hydrogens is 425 g/mol. The van der Waals surface area contributed by atoms with Gasteiger partial charge in [0.2, 0.25) is 0 Å². The lowest BCUT2D eigenvalue weighted by Crippen LogP contribution is -2.49.